The standard InChI is InChI=1S/C28H23F5N2O3.C6H13NO2/c1-17-24(19-10-6-13-23(38-2)25(19)30)26(36)34(15-14-18-8-4-3-5-9-18)27(37)35(17)16-20-21(28(31,32)33)11-7-12-22(20)29;1-2-9-6(8)4-3-5-7/h3-13H,14-16H2,1-2H3;2-5,7H2,1H3. The van der Waals surface area contributed by atoms with Crippen molar-refractivity contribution in [3.8, 4) is 16.9 Å². The van der Waals surface area contributed by atoms with Gasteiger partial charge in [-0.05, 0) is 57.0 Å². The zero-order valence-corrected chi connectivity index (χ0v) is 26.2. The molecule has 0 saturated carbocycles. The molecular formula is C34H36F5N3O5. The number of carbonyl (C=O) groups excluding carboxylic acids is 1. The Kier molecular flexibility index (Phi) is 13.0. The van der Waals surface area contributed by atoms with Crippen molar-refractivity contribution in [1.29, 1.82) is 0 Å². The van der Waals surface area contributed by atoms with Gasteiger partial charge >= 0.3 is 17.8 Å². The van der Waals surface area contributed by atoms with E-state index in [-0.39, 0.29) is 41.5 Å². The molecule has 1 heterocycles. The van der Waals surface area contributed by atoms with E-state index in [1.807, 2.05) is 0 Å². The SMILES string of the molecule is CCOC(=O)CCCN.COc1cccc(-c2c(C)n(Cc3c(F)cccc3C(F)(F)F)c(=O)n(CCc3ccccc3)c2=O)c1F. The molecule has 8 nitrogen and oxygen atoms in total. The van der Waals surface area contributed by atoms with Crippen molar-refractivity contribution in [1.82, 2.24) is 9.13 Å². The molecule has 0 aliphatic heterocycles. The number of alkyl halides is 3. The Labute approximate surface area is 268 Å². The van der Waals surface area contributed by atoms with Gasteiger partial charge in [-0.1, -0.05) is 48.5 Å². The van der Waals surface area contributed by atoms with Crippen LogP contribution in [0.1, 0.15) is 42.1 Å². The fourth-order valence-electron chi connectivity index (χ4n) is 4.86. The number of nitrogens with zero attached hydrogens (tertiary/aromatic N) is 2. The number of methoxy groups -OCH3 is 1. The second kappa shape index (κ2) is 16.7. The van der Waals surface area contributed by atoms with Gasteiger partial charge in [0.05, 0.1) is 31.4 Å². The summed E-state index contributed by atoms with van der Waals surface area (Å²) in [4.78, 5) is 37.6. The normalized spacial score (nSPS) is 11.1. The van der Waals surface area contributed by atoms with Crippen LogP contribution in [-0.4, -0.2) is 35.4 Å². The summed E-state index contributed by atoms with van der Waals surface area (Å²) in [6.45, 7) is 3.16. The molecule has 4 rings (SSSR count). The molecule has 47 heavy (non-hydrogen) atoms. The molecule has 0 radical (unpaired) electrons. The molecule has 0 bridgehead atoms. The largest absolute Gasteiger partial charge is 0.494 e. The Hall–Kier alpha value is -4.78. The van der Waals surface area contributed by atoms with Crippen LogP contribution in [0.5, 0.6) is 5.75 Å². The number of esters is 1. The molecule has 0 aliphatic rings. The minimum atomic E-state index is -4.89. The fourth-order valence-corrected chi connectivity index (χ4v) is 4.86. The lowest BCUT2D eigenvalue weighted by Gasteiger charge is -2.20. The Balaban J connectivity index is 0.000000584. The predicted octanol–water partition coefficient (Wildman–Crippen LogP) is 5.87. The van der Waals surface area contributed by atoms with Gasteiger partial charge < -0.3 is 15.2 Å². The van der Waals surface area contributed by atoms with Gasteiger partial charge in [0, 0.05) is 29.8 Å². The Morgan fingerprint density at radius 2 is 1.62 bits per heavy atom. The van der Waals surface area contributed by atoms with Crippen LogP contribution in [0.3, 0.4) is 0 Å². The van der Waals surface area contributed by atoms with Crippen LogP contribution in [-0.2, 0) is 35.2 Å². The number of nitrogens with two attached hydrogens (primary N) is 1. The number of benzene rings is 3. The van der Waals surface area contributed by atoms with Crippen molar-refractivity contribution in [2.75, 3.05) is 20.3 Å². The summed E-state index contributed by atoms with van der Waals surface area (Å²) in [7, 11) is 1.24. The lowest BCUT2D eigenvalue weighted by Crippen LogP contribution is -2.43. The number of halogens is 5. The highest BCUT2D eigenvalue weighted by molar-refractivity contribution is 5.69. The van der Waals surface area contributed by atoms with Gasteiger partial charge in [-0.25, -0.2) is 13.6 Å². The third-order valence-electron chi connectivity index (χ3n) is 7.24. The molecular weight excluding hydrogens is 625 g/mol. The maximum Gasteiger partial charge on any atom is 0.416 e. The van der Waals surface area contributed by atoms with E-state index in [1.165, 1.54) is 32.2 Å². The van der Waals surface area contributed by atoms with Crippen LogP contribution >= 0.6 is 0 Å². The lowest BCUT2D eigenvalue weighted by molar-refractivity contribution is -0.143. The van der Waals surface area contributed by atoms with E-state index < -0.39 is 46.7 Å². The molecule has 252 valence electrons. The van der Waals surface area contributed by atoms with E-state index >= 15 is 4.39 Å². The maximum absolute atomic E-state index is 15.3. The van der Waals surface area contributed by atoms with E-state index in [9.17, 15) is 31.9 Å². The highest BCUT2D eigenvalue weighted by Crippen LogP contribution is 2.34. The summed E-state index contributed by atoms with van der Waals surface area (Å²) in [6.07, 6.45) is -3.48. The van der Waals surface area contributed by atoms with Crippen molar-refractivity contribution >= 4 is 5.97 Å². The second-order valence-electron chi connectivity index (χ2n) is 10.3. The summed E-state index contributed by atoms with van der Waals surface area (Å²) in [5.41, 5.74) is 1.64. The second-order valence-corrected chi connectivity index (χ2v) is 10.3. The minimum Gasteiger partial charge on any atom is -0.494 e. The Morgan fingerprint density at radius 1 is 0.936 bits per heavy atom. The van der Waals surface area contributed by atoms with E-state index in [0.717, 1.165) is 33.3 Å². The average Bonchev–Trinajstić information content (AvgIpc) is 3.04. The van der Waals surface area contributed by atoms with Crippen molar-refractivity contribution in [2.24, 2.45) is 5.73 Å². The van der Waals surface area contributed by atoms with Crippen LogP contribution in [0, 0.1) is 18.6 Å². The first-order chi connectivity index (χ1) is 22.3. The first-order valence-electron chi connectivity index (χ1n) is 14.8. The van der Waals surface area contributed by atoms with E-state index in [2.05, 4.69) is 4.74 Å². The summed E-state index contributed by atoms with van der Waals surface area (Å²) in [5, 5.41) is 0. The number of ether oxygens (including phenoxy) is 2. The molecule has 0 aliphatic carbocycles. The molecule has 0 spiro atoms. The summed E-state index contributed by atoms with van der Waals surface area (Å²) < 4.78 is 82.4. The van der Waals surface area contributed by atoms with Crippen LogP contribution in [0.25, 0.3) is 11.1 Å². The van der Waals surface area contributed by atoms with Crippen molar-refractivity contribution in [2.45, 2.75) is 52.4 Å². The first-order valence-corrected chi connectivity index (χ1v) is 14.8. The van der Waals surface area contributed by atoms with Gasteiger partial charge in [-0.3, -0.25) is 18.7 Å². The van der Waals surface area contributed by atoms with Gasteiger partial charge in [-0.2, -0.15) is 13.2 Å². The van der Waals surface area contributed by atoms with Crippen LogP contribution < -0.4 is 21.7 Å². The number of carbonyl (C=O) groups is 1. The Morgan fingerprint density at radius 3 is 2.23 bits per heavy atom. The van der Waals surface area contributed by atoms with Gasteiger partial charge in [0.2, 0.25) is 0 Å². The van der Waals surface area contributed by atoms with E-state index in [1.54, 1.807) is 37.3 Å². The Bertz CT molecular complexity index is 1790. The number of aromatic nitrogens is 2. The number of hydrogen-bond acceptors (Lipinski definition) is 6. The molecule has 0 fully saturated rings. The maximum atomic E-state index is 15.3. The molecule has 0 atom stereocenters. The molecule has 0 saturated heterocycles. The average molecular weight is 662 g/mol. The van der Waals surface area contributed by atoms with Crippen molar-refractivity contribution in [3.05, 3.63) is 122 Å². The van der Waals surface area contributed by atoms with Crippen LogP contribution in [0.4, 0.5) is 22.0 Å². The highest BCUT2D eigenvalue weighted by atomic mass is 19.4. The fraction of sp³-hybridized carbons (Fsp3) is 0.324. The zero-order valence-electron chi connectivity index (χ0n) is 26.2. The van der Waals surface area contributed by atoms with Crippen LogP contribution in [0.2, 0.25) is 0 Å². The molecule has 4 aromatic rings. The number of rotatable bonds is 11. The predicted molar refractivity (Wildman–Crippen MR) is 167 cm³/mol. The lowest BCUT2D eigenvalue weighted by atomic mass is 10.0. The smallest absolute Gasteiger partial charge is 0.416 e. The quantitative estimate of drug-likeness (QED) is 0.159. The zero-order chi connectivity index (χ0) is 34.7. The van der Waals surface area contributed by atoms with Gasteiger partial charge in [0.1, 0.15) is 5.82 Å². The number of hydrogen-bond donors (Lipinski definition) is 1. The molecule has 0 unspecified atom stereocenters. The summed E-state index contributed by atoms with van der Waals surface area (Å²) in [5.74, 6) is -2.36. The molecule has 0 amide bonds. The summed E-state index contributed by atoms with van der Waals surface area (Å²) >= 11 is 0. The number of aryl methyl sites for hydroxylation is 1. The topological polar surface area (TPSA) is 106 Å². The van der Waals surface area contributed by atoms with Crippen molar-refractivity contribution in [3.63, 3.8) is 0 Å². The third-order valence-corrected chi connectivity index (χ3v) is 7.24. The molecule has 13 heteroatoms. The van der Waals surface area contributed by atoms with E-state index in [4.69, 9.17) is 10.5 Å². The summed E-state index contributed by atoms with van der Waals surface area (Å²) in [6, 6.07) is 15.5. The highest BCUT2D eigenvalue weighted by Gasteiger charge is 2.35. The van der Waals surface area contributed by atoms with Crippen LogP contribution in [0.15, 0.2) is 76.3 Å². The first kappa shape index (κ1) is 36.7. The molecule has 2 N–H and O–H groups in total. The molecule has 1 aromatic heterocycles. The van der Waals surface area contributed by atoms with Gasteiger partial charge in [0.15, 0.2) is 11.6 Å². The third kappa shape index (κ3) is 9.16. The van der Waals surface area contributed by atoms with Gasteiger partial charge in [-0.15, -0.1) is 0 Å². The van der Waals surface area contributed by atoms with Gasteiger partial charge in [0.25, 0.3) is 5.56 Å². The van der Waals surface area contributed by atoms with Crippen molar-refractivity contribution < 1.29 is 36.2 Å². The minimum absolute atomic E-state index is 0.112. The monoisotopic (exact) mass is 661 g/mol. The van der Waals surface area contributed by atoms with E-state index in [0.29, 0.717) is 25.6 Å². The molecule has 3 aromatic carbocycles.